The van der Waals surface area contributed by atoms with Crippen LogP contribution in [0.5, 0.6) is 0 Å². The molecule has 1 aromatic carbocycles. The van der Waals surface area contributed by atoms with Crippen molar-refractivity contribution in [2.75, 3.05) is 6.61 Å². The Morgan fingerprint density at radius 3 is 2.39 bits per heavy atom. The minimum absolute atomic E-state index is 0.0417. The zero-order chi connectivity index (χ0) is 13.5. The van der Waals surface area contributed by atoms with Gasteiger partial charge in [0.05, 0.1) is 25.2 Å². The maximum absolute atomic E-state index is 11.7. The van der Waals surface area contributed by atoms with E-state index in [1.54, 1.807) is 0 Å². The number of aliphatic hydroxyl groups excluding tert-OH is 2. The van der Waals surface area contributed by atoms with Gasteiger partial charge in [-0.25, -0.2) is 0 Å². The van der Waals surface area contributed by atoms with Crippen molar-refractivity contribution in [3.05, 3.63) is 35.9 Å². The van der Waals surface area contributed by atoms with Crippen LogP contribution in [0.4, 0.5) is 0 Å². The summed E-state index contributed by atoms with van der Waals surface area (Å²) in [5.74, 6) is -0.209. The number of hydrogen-bond acceptors (Lipinski definition) is 3. The van der Waals surface area contributed by atoms with Gasteiger partial charge in [-0.15, -0.1) is 0 Å². The third-order valence-electron chi connectivity index (χ3n) is 2.88. The molecule has 0 aliphatic heterocycles. The third-order valence-corrected chi connectivity index (χ3v) is 2.88. The molecule has 0 bridgehead atoms. The van der Waals surface area contributed by atoms with Crippen molar-refractivity contribution in [1.82, 2.24) is 5.32 Å². The molecule has 18 heavy (non-hydrogen) atoms. The molecule has 3 N–H and O–H groups in total. The lowest BCUT2D eigenvalue weighted by Crippen LogP contribution is -2.34. The monoisotopic (exact) mass is 251 g/mol. The highest BCUT2D eigenvalue weighted by Crippen LogP contribution is 2.13. The molecule has 1 rings (SSSR count). The Bertz CT molecular complexity index is 365. The molecule has 0 heterocycles. The van der Waals surface area contributed by atoms with E-state index in [1.165, 1.54) is 0 Å². The van der Waals surface area contributed by atoms with Gasteiger partial charge >= 0.3 is 0 Å². The summed E-state index contributed by atoms with van der Waals surface area (Å²) in [5, 5.41) is 21.6. The predicted molar refractivity (Wildman–Crippen MR) is 69.9 cm³/mol. The largest absolute Gasteiger partial charge is 0.394 e. The SMILES string of the molecule is CC(C)[C@H](O)CC(=O)N[C@@H](CO)c1ccccc1. The highest BCUT2D eigenvalue weighted by Gasteiger charge is 2.18. The van der Waals surface area contributed by atoms with Crippen molar-refractivity contribution in [3.8, 4) is 0 Å². The Balaban J connectivity index is 2.56. The zero-order valence-electron chi connectivity index (χ0n) is 10.8. The number of carbonyl (C=O) groups is 1. The van der Waals surface area contributed by atoms with E-state index in [2.05, 4.69) is 5.32 Å². The number of carbonyl (C=O) groups excluding carboxylic acids is 1. The van der Waals surface area contributed by atoms with Crippen LogP contribution in [0.2, 0.25) is 0 Å². The first kappa shape index (κ1) is 14.7. The quantitative estimate of drug-likeness (QED) is 0.712. The first-order chi connectivity index (χ1) is 8.54. The van der Waals surface area contributed by atoms with E-state index in [1.807, 2.05) is 44.2 Å². The van der Waals surface area contributed by atoms with Crippen LogP contribution in [0.3, 0.4) is 0 Å². The van der Waals surface area contributed by atoms with Gasteiger partial charge in [-0.2, -0.15) is 0 Å². The Morgan fingerprint density at radius 2 is 1.89 bits per heavy atom. The number of benzene rings is 1. The first-order valence-corrected chi connectivity index (χ1v) is 6.17. The lowest BCUT2D eigenvalue weighted by atomic mass is 10.0. The molecule has 0 aliphatic carbocycles. The van der Waals surface area contributed by atoms with Crippen molar-refractivity contribution < 1.29 is 15.0 Å². The second-order valence-corrected chi connectivity index (χ2v) is 4.73. The molecule has 1 amide bonds. The van der Waals surface area contributed by atoms with Crippen LogP contribution in [-0.4, -0.2) is 28.8 Å². The molecule has 0 spiro atoms. The van der Waals surface area contributed by atoms with Gasteiger partial charge in [0.25, 0.3) is 0 Å². The van der Waals surface area contributed by atoms with E-state index >= 15 is 0 Å². The molecule has 0 saturated heterocycles. The zero-order valence-corrected chi connectivity index (χ0v) is 10.8. The van der Waals surface area contributed by atoms with Crippen molar-refractivity contribution in [3.63, 3.8) is 0 Å². The summed E-state index contributed by atoms with van der Waals surface area (Å²) < 4.78 is 0. The highest BCUT2D eigenvalue weighted by molar-refractivity contribution is 5.77. The standard InChI is InChI=1S/C14H21NO3/c1-10(2)13(17)8-14(18)15-12(9-16)11-6-4-3-5-7-11/h3-7,10,12-13,16-17H,8-9H2,1-2H3,(H,15,18)/t12-,13+/m0/s1. The van der Waals surface area contributed by atoms with Crippen LogP contribution in [0.1, 0.15) is 31.9 Å². The van der Waals surface area contributed by atoms with E-state index < -0.39 is 12.1 Å². The van der Waals surface area contributed by atoms with Crippen molar-refractivity contribution >= 4 is 5.91 Å². The number of rotatable bonds is 6. The number of aliphatic hydroxyl groups is 2. The summed E-state index contributed by atoms with van der Waals surface area (Å²) in [6.45, 7) is 3.56. The summed E-state index contributed by atoms with van der Waals surface area (Å²) in [5.41, 5.74) is 0.854. The van der Waals surface area contributed by atoms with Crippen LogP contribution in [0.15, 0.2) is 30.3 Å². The molecule has 0 aliphatic rings. The van der Waals surface area contributed by atoms with Gasteiger partial charge in [-0.05, 0) is 11.5 Å². The molecule has 0 saturated carbocycles. The predicted octanol–water partition coefficient (Wildman–Crippen LogP) is 1.24. The topological polar surface area (TPSA) is 69.6 Å². The second kappa shape index (κ2) is 7.13. The number of amides is 1. The average Bonchev–Trinajstić information content (AvgIpc) is 2.36. The molecule has 4 heteroatoms. The molecule has 4 nitrogen and oxygen atoms in total. The molecule has 1 aromatic rings. The summed E-state index contributed by atoms with van der Waals surface area (Å²) in [6.07, 6.45) is -0.596. The number of nitrogens with one attached hydrogen (secondary N) is 1. The van der Waals surface area contributed by atoms with E-state index in [-0.39, 0.29) is 24.9 Å². The minimum atomic E-state index is -0.653. The summed E-state index contributed by atoms with van der Waals surface area (Å²) in [4.78, 5) is 11.7. The lowest BCUT2D eigenvalue weighted by molar-refractivity contribution is -0.124. The molecule has 0 aromatic heterocycles. The Kier molecular flexibility index (Phi) is 5.82. The summed E-state index contributed by atoms with van der Waals surface area (Å²) >= 11 is 0. The van der Waals surface area contributed by atoms with E-state index in [4.69, 9.17) is 0 Å². The molecule has 2 atom stereocenters. The van der Waals surface area contributed by atoms with Gasteiger partial charge in [0.15, 0.2) is 0 Å². The fraction of sp³-hybridized carbons (Fsp3) is 0.500. The fourth-order valence-electron chi connectivity index (χ4n) is 1.60. The van der Waals surface area contributed by atoms with Crippen LogP contribution < -0.4 is 5.32 Å². The van der Waals surface area contributed by atoms with Gasteiger partial charge in [0.2, 0.25) is 5.91 Å². The molecule has 0 unspecified atom stereocenters. The maximum Gasteiger partial charge on any atom is 0.223 e. The van der Waals surface area contributed by atoms with Gasteiger partial charge < -0.3 is 15.5 Å². The van der Waals surface area contributed by atoms with E-state index in [9.17, 15) is 15.0 Å². The van der Waals surface area contributed by atoms with E-state index in [0.717, 1.165) is 5.56 Å². The minimum Gasteiger partial charge on any atom is -0.394 e. The lowest BCUT2D eigenvalue weighted by Gasteiger charge is -2.19. The van der Waals surface area contributed by atoms with Crippen molar-refractivity contribution in [2.45, 2.75) is 32.4 Å². The van der Waals surface area contributed by atoms with Crippen molar-refractivity contribution in [1.29, 1.82) is 0 Å². The average molecular weight is 251 g/mol. The van der Waals surface area contributed by atoms with Crippen LogP contribution in [0.25, 0.3) is 0 Å². The first-order valence-electron chi connectivity index (χ1n) is 6.17. The van der Waals surface area contributed by atoms with Crippen molar-refractivity contribution in [2.24, 2.45) is 5.92 Å². The normalized spacial score (nSPS) is 14.3. The maximum atomic E-state index is 11.7. The Hall–Kier alpha value is -1.39. The smallest absolute Gasteiger partial charge is 0.223 e. The van der Waals surface area contributed by atoms with Crippen LogP contribution >= 0.6 is 0 Å². The highest BCUT2D eigenvalue weighted by atomic mass is 16.3. The molecular formula is C14H21NO3. The van der Waals surface area contributed by atoms with E-state index in [0.29, 0.717) is 0 Å². The van der Waals surface area contributed by atoms with Gasteiger partial charge in [0.1, 0.15) is 0 Å². The summed E-state index contributed by atoms with van der Waals surface area (Å²) in [6, 6.07) is 8.86. The molecular weight excluding hydrogens is 230 g/mol. The van der Waals surface area contributed by atoms with Gasteiger partial charge in [-0.1, -0.05) is 44.2 Å². The fourth-order valence-corrected chi connectivity index (χ4v) is 1.60. The Morgan fingerprint density at radius 1 is 1.28 bits per heavy atom. The molecule has 100 valence electrons. The molecule has 0 radical (unpaired) electrons. The van der Waals surface area contributed by atoms with Gasteiger partial charge in [-0.3, -0.25) is 4.79 Å². The Labute approximate surface area is 108 Å². The molecule has 0 fully saturated rings. The van der Waals surface area contributed by atoms with Crippen LogP contribution in [-0.2, 0) is 4.79 Å². The summed E-state index contributed by atoms with van der Waals surface area (Å²) in [7, 11) is 0. The third kappa shape index (κ3) is 4.47. The number of hydrogen-bond donors (Lipinski definition) is 3. The van der Waals surface area contributed by atoms with Crippen LogP contribution in [0, 0.1) is 5.92 Å². The van der Waals surface area contributed by atoms with Gasteiger partial charge in [0, 0.05) is 0 Å². The second-order valence-electron chi connectivity index (χ2n) is 4.73.